The van der Waals surface area contributed by atoms with Crippen molar-refractivity contribution in [3.05, 3.63) is 69.4 Å². The zero-order valence-corrected chi connectivity index (χ0v) is 10.3. The second kappa shape index (κ2) is 4.40. The highest BCUT2D eigenvalue weighted by atomic mass is 35.5. The summed E-state index contributed by atoms with van der Waals surface area (Å²) in [7, 11) is 0. The lowest BCUT2D eigenvalue weighted by atomic mass is 10.1. The van der Waals surface area contributed by atoms with Gasteiger partial charge in [-0.2, -0.15) is 0 Å². The van der Waals surface area contributed by atoms with Gasteiger partial charge in [0.05, 0.1) is 16.7 Å². The first-order chi connectivity index (χ1) is 9.18. The predicted molar refractivity (Wildman–Crippen MR) is 69.6 cm³/mol. The number of hydrogen-bond acceptors (Lipinski definition) is 4. The van der Waals surface area contributed by atoms with Crippen LogP contribution in [0, 0.1) is 0 Å². The number of rotatable bonds is 2. The van der Waals surface area contributed by atoms with Crippen LogP contribution in [-0.4, -0.2) is 5.78 Å². The summed E-state index contributed by atoms with van der Waals surface area (Å²) < 4.78 is 10.3. The van der Waals surface area contributed by atoms with Crippen LogP contribution in [0.2, 0.25) is 5.02 Å². The summed E-state index contributed by atoms with van der Waals surface area (Å²) in [6.45, 7) is 0. The van der Waals surface area contributed by atoms with E-state index in [0.717, 1.165) is 6.26 Å². The number of carbonyl (C=O) groups excluding carboxylic acids is 1. The average molecular weight is 275 g/mol. The molecule has 0 aliphatic heterocycles. The summed E-state index contributed by atoms with van der Waals surface area (Å²) in [5, 5.41) is 0.446. The van der Waals surface area contributed by atoms with Gasteiger partial charge in [-0.3, -0.25) is 9.59 Å². The number of fused-ring (bicyclic) bond motifs is 1. The second-order valence-corrected chi connectivity index (χ2v) is 4.31. The molecule has 94 valence electrons. The fraction of sp³-hybridized carbons (Fsp3) is 0. The monoisotopic (exact) mass is 274 g/mol. The van der Waals surface area contributed by atoms with E-state index in [1.54, 1.807) is 24.3 Å². The van der Waals surface area contributed by atoms with Crippen LogP contribution in [0.25, 0.3) is 11.0 Å². The van der Waals surface area contributed by atoms with Gasteiger partial charge in [-0.05, 0) is 24.3 Å². The van der Waals surface area contributed by atoms with Gasteiger partial charge in [0.15, 0.2) is 5.76 Å². The number of carbonyl (C=O) groups is 1. The van der Waals surface area contributed by atoms with Crippen LogP contribution in [0.3, 0.4) is 0 Å². The summed E-state index contributed by atoms with van der Waals surface area (Å²) in [5.74, 6) is -0.445. The van der Waals surface area contributed by atoms with Crippen molar-refractivity contribution < 1.29 is 13.6 Å². The van der Waals surface area contributed by atoms with Crippen molar-refractivity contribution in [1.82, 2.24) is 0 Å². The van der Waals surface area contributed by atoms with Crippen LogP contribution in [0.15, 0.2) is 56.5 Å². The zero-order valence-electron chi connectivity index (χ0n) is 9.55. The maximum Gasteiger partial charge on any atom is 0.235 e. The van der Waals surface area contributed by atoms with Gasteiger partial charge in [-0.25, -0.2) is 0 Å². The topological polar surface area (TPSA) is 60.4 Å². The molecule has 3 aromatic rings. The number of ketones is 1. The van der Waals surface area contributed by atoms with E-state index in [9.17, 15) is 9.59 Å². The Labute approximate surface area is 112 Å². The molecule has 0 bridgehead atoms. The van der Waals surface area contributed by atoms with Gasteiger partial charge in [0.25, 0.3) is 0 Å². The molecule has 4 nitrogen and oxygen atoms in total. The molecule has 3 rings (SSSR count). The molecular formula is C14H7ClO4. The van der Waals surface area contributed by atoms with Gasteiger partial charge < -0.3 is 8.83 Å². The van der Waals surface area contributed by atoms with Crippen molar-refractivity contribution in [3.63, 3.8) is 0 Å². The van der Waals surface area contributed by atoms with Gasteiger partial charge in [0, 0.05) is 0 Å². The normalized spacial score (nSPS) is 10.8. The Hall–Kier alpha value is -2.33. The van der Waals surface area contributed by atoms with Gasteiger partial charge >= 0.3 is 0 Å². The summed E-state index contributed by atoms with van der Waals surface area (Å²) in [6.07, 6.45) is 2.49. The first-order valence-electron chi connectivity index (χ1n) is 5.46. The summed E-state index contributed by atoms with van der Waals surface area (Å²) in [6, 6.07) is 7.91. The summed E-state index contributed by atoms with van der Waals surface area (Å²) in [4.78, 5) is 24.4. The standard InChI is InChI=1S/C14H7ClO4/c15-9-3-1-4-10-12(9)14(17)8(7-19-10)13(16)11-5-2-6-18-11/h1-7H. The first kappa shape index (κ1) is 11.7. The molecule has 0 saturated heterocycles. The van der Waals surface area contributed by atoms with Crippen LogP contribution >= 0.6 is 11.6 Å². The SMILES string of the molecule is O=C(c1ccco1)c1coc2cccc(Cl)c2c1=O. The molecule has 0 radical (unpaired) electrons. The Morgan fingerprint density at radius 1 is 1.11 bits per heavy atom. The van der Waals surface area contributed by atoms with Crippen molar-refractivity contribution in [2.24, 2.45) is 0 Å². The number of halogens is 1. The van der Waals surface area contributed by atoms with E-state index in [2.05, 4.69) is 0 Å². The molecule has 5 heteroatoms. The van der Waals surface area contributed by atoms with Crippen molar-refractivity contribution in [3.8, 4) is 0 Å². The van der Waals surface area contributed by atoms with E-state index >= 15 is 0 Å². The highest BCUT2D eigenvalue weighted by Gasteiger charge is 2.19. The molecule has 0 N–H and O–H groups in total. The molecule has 0 spiro atoms. The van der Waals surface area contributed by atoms with Crippen LogP contribution in [0.5, 0.6) is 0 Å². The fourth-order valence-corrected chi connectivity index (χ4v) is 2.08. The molecule has 0 fully saturated rings. The van der Waals surface area contributed by atoms with Crippen molar-refractivity contribution in [1.29, 1.82) is 0 Å². The van der Waals surface area contributed by atoms with E-state index in [-0.39, 0.29) is 21.7 Å². The van der Waals surface area contributed by atoms with Gasteiger partial charge in [0.2, 0.25) is 11.2 Å². The second-order valence-electron chi connectivity index (χ2n) is 3.90. The molecule has 1 aromatic carbocycles. The third-order valence-electron chi connectivity index (χ3n) is 2.74. The lowest BCUT2D eigenvalue weighted by Gasteiger charge is -2.01. The maximum atomic E-state index is 12.3. The quantitative estimate of drug-likeness (QED) is 0.673. The minimum absolute atomic E-state index is 0.0821. The number of benzene rings is 1. The lowest BCUT2D eigenvalue weighted by Crippen LogP contribution is -2.15. The predicted octanol–water partition coefficient (Wildman–Crippen LogP) is 3.27. The van der Waals surface area contributed by atoms with E-state index < -0.39 is 11.2 Å². The van der Waals surface area contributed by atoms with E-state index in [0.29, 0.717) is 5.58 Å². The lowest BCUT2D eigenvalue weighted by molar-refractivity contribution is 0.101. The van der Waals surface area contributed by atoms with Gasteiger partial charge in [-0.15, -0.1) is 0 Å². The van der Waals surface area contributed by atoms with Crippen LogP contribution in [-0.2, 0) is 0 Å². The molecule has 0 atom stereocenters. The van der Waals surface area contributed by atoms with Gasteiger partial charge in [0.1, 0.15) is 17.4 Å². The number of hydrogen-bond donors (Lipinski definition) is 0. The Bertz CT molecular complexity index is 815. The molecule has 0 saturated carbocycles. The smallest absolute Gasteiger partial charge is 0.235 e. The van der Waals surface area contributed by atoms with Crippen LogP contribution in [0.4, 0.5) is 0 Å². The minimum atomic E-state index is -0.527. The third-order valence-corrected chi connectivity index (χ3v) is 3.06. The highest BCUT2D eigenvalue weighted by molar-refractivity contribution is 6.35. The van der Waals surface area contributed by atoms with E-state index in [4.69, 9.17) is 20.4 Å². The molecule has 0 aliphatic carbocycles. The molecule has 19 heavy (non-hydrogen) atoms. The Morgan fingerprint density at radius 2 is 1.95 bits per heavy atom. The maximum absolute atomic E-state index is 12.3. The molecule has 0 unspecified atom stereocenters. The van der Waals surface area contributed by atoms with E-state index in [1.165, 1.54) is 12.3 Å². The fourth-order valence-electron chi connectivity index (χ4n) is 1.83. The summed E-state index contributed by atoms with van der Waals surface area (Å²) >= 11 is 5.97. The first-order valence-corrected chi connectivity index (χ1v) is 5.84. The largest absolute Gasteiger partial charge is 0.463 e. The average Bonchev–Trinajstić information content (AvgIpc) is 2.92. The zero-order chi connectivity index (χ0) is 13.4. The highest BCUT2D eigenvalue weighted by Crippen LogP contribution is 2.21. The minimum Gasteiger partial charge on any atom is -0.463 e. The molecule has 2 heterocycles. The number of furan rings is 1. The molecule has 2 aromatic heterocycles. The van der Waals surface area contributed by atoms with E-state index in [1.807, 2.05) is 0 Å². The Kier molecular flexibility index (Phi) is 2.72. The third kappa shape index (κ3) is 1.86. The Balaban J connectivity index is 2.27. The molecule has 0 amide bonds. The summed E-state index contributed by atoms with van der Waals surface area (Å²) in [5.41, 5.74) is -0.225. The molecular weight excluding hydrogens is 268 g/mol. The Morgan fingerprint density at radius 3 is 2.68 bits per heavy atom. The van der Waals surface area contributed by atoms with Crippen molar-refractivity contribution in [2.75, 3.05) is 0 Å². The van der Waals surface area contributed by atoms with Gasteiger partial charge in [-0.1, -0.05) is 17.7 Å². The van der Waals surface area contributed by atoms with Crippen molar-refractivity contribution >= 4 is 28.4 Å². The van der Waals surface area contributed by atoms with Crippen LogP contribution in [0.1, 0.15) is 16.1 Å². The molecule has 0 aliphatic rings. The van der Waals surface area contributed by atoms with Crippen LogP contribution < -0.4 is 5.43 Å². The van der Waals surface area contributed by atoms with Crippen molar-refractivity contribution in [2.45, 2.75) is 0 Å².